The minimum absolute atomic E-state index is 0.320. The standard InChI is InChI=1S/C20H29N5O2S/c1-13(2)25-10-6-7-16(25)15-12-28-20(23-15)24-19(21)22-11-14-17(26-3)8-5-9-18(14)27-4/h5,8-9,12-13,16H,6-7,10-11H2,1-4H3,(H3,21,22,23,24). The molecule has 1 aliphatic heterocycles. The van der Waals surface area contributed by atoms with Crippen molar-refractivity contribution in [2.24, 2.45) is 10.7 Å². The number of guanidine groups is 1. The van der Waals surface area contributed by atoms with Crippen LogP contribution in [0.15, 0.2) is 28.6 Å². The molecule has 1 aromatic carbocycles. The predicted molar refractivity (Wildman–Crippen MR) is 114 cm³/mol. The Hall–Kier alpha value is -2.32. The molecule has 0 radical (unpaired) electrons. The van der Waals surface area contributed by atoms with Gasteiger partial charge >= 0.3 is 0 Å². The molecule has 152 valence electrons. The lowest BCUT2D eigenvalue weighted by Crippen LogP contribution is -2.30. The first-order chi connectivity index (χ1) is 13.5. The van der Waals surface area contributed by atoms with Crippen LogP contribution in [0.4, 0.5) is 5.13 Å². The summed E-state index contributed by atoms with van der Waals surface area (Å²) in [4.78, 5) is 11.7. The van der Waals surface area contributed by atoms with Crippen LogP contribution in [-0.2, 0) is 6.54 Å². The molecule has 1 fully saturated rings. The fourth-order valence-corrected chi connectivity index (χ4v) is 4.38. The number of nitrogens with one attached hydrogen (secondary N) is 1. The molecule has 28 heavy (non-hydrogen) atoms. The van der Waals surface area contributed by atoms with Crippen LogP contribution < -0.4 is 20.5 Å². The highest BCUT2D eigenvalue weighted by Crippen LogP contribution is 2.35. The molecule has 2 heterocycles. The largest absolute Gasteiger partial charge is 0.496 e. The number of aliphatic imine (C=N–C) groups is 1. The van der Waals surface area contributed by atoms with E-state index in [1.807, 2.05) is 18.2 Å². The molecule has 7 nitrogen and oxygen atoms in total. The minimum atomic E-state index is 0.320. The lowest BCUT2D eigenvalue weighted by atomic mass is 10.1. The van der Waals surface area contributed by atoms with E-state index in [9.17, 15) is 0 Å². The van der Waals surface area contributed by atoms with Crippen LogP contribution in [0.25, 0.3) is 0 Å². The summed E-state index contributed by atoms with van der Waals surface area (Å²) in [5.74, 6) is 1.77. The quantitative estimate of drug-likeness (QED) is 0.542. The second kappa shape index (κ2) is 9.25. The molecule has 0 saturated carbocycles. The Morgan fingerprint density at radius 2 is 2.07 bits per heavy atom. The normalized spacial score (nSPS) is 17.9. The summed E-state index contributed by atoms with van der Waals surface area (Å²) in [6.07, 6.45) is 2.37. The topological polar surface area (TPSA) is 85.0 Å². The average molecular weight is 404 g/mol. The zero-order valence-corrected chi connectivity index (χ0v) is 17.8. The highest BCUT2D eigenvalue weighted by molar-refractivity contribution is 7.13. The van der Waals surface area contributed by atoms with Gasteiger partial charge in [-0.1, -0.05) is 6.07 Å². The van der Waals surface area contributed by atoms with Crippen LogP contribution in [0.1, 0.15) is 44.0 Å². The van der Waals surface area contributed by atoms with E-state index in [2.05, 4.69) is 34.4 Å². The van der Waals surface area contributed by atoms with Gasteiger partial charge in [0.2, 0.25) is 0 Å². The number of ether oxygens (including phenoxy) is 2. The summed E-state index contributed by atoms with van der Waals surface area (Å²) >= 11 is 1.56. The van der Waals surface area contributed by atoms with Gasteiger partial charge in [0.15, 0.2) is 11.1 Å². The average Bonchev–Trinajstić information content (AvgIpc) is 3.35. The van der Waals surface area contributed by atoms with Gasteiger partial charge in [0.25, 0.3) is 0 Å². The van der Waals surface area contributed by atoms with E-state index in [1.165, 1.54) is 6.42 Å². The Morgan fingerprint density at radius 3 is 2.71 bits per heavy atom. The van der Waals surface area contributed by atoms with E-state index in [0.29, 0.717) is 24.6 Å². The minimum Gasteiger partial charge on any atom is -0.496 e. The fraction of sp³-hybridized carbons (Fsp3) is 0.500. The zero-order valence-electron chi connectivity index (χ0n) is 16.9. The van der Waals surface area contributed by atoms with E-state index < -0.39 is 0 Å². The van der Waals surface area contributed by atoms with Crippen molar-refractivity contribution in [2.45, 2.75) is 45.3 Å². The van der Waals surface area contributed by atoms with Gasteiger partial charge in [-0.15, -0.1) is 11.3 Å². The fourth-order valence-electron chi connectivity index (χ4n) is 3.62. The Balaban J connectivity index is 1.67. The van der Waals surface area contributed by atoms with E-state index in [0.717, 1.165) is 40.9 Å². The number of hydrogen-bond acceptors (Lipinski definition) is 6. The molecule has 3 rings (SSSR count). The molecule has 0 aliphatic carbocycles. The van der Waals surface area contributed by atoms with Crippen molar-refractivity contribution in [2.75, 3.05) is 26.1 Å². The van der Waals surface area contributed by atoms with Crippen LogP contribution in [-0.4, -0.2) is 42.6 Å². The van der Waals surface area contributed by atoms with Crippen molar-refractivity contribution >= 4 is 22.4 Å². The highest BCUT2D eigenvalue weighted by atomic mass is 32.1. The Morgan fingerprint density at radius 1 is 1.36 bits per heavy atom. The Bertz CT molecular complexity index is 798. The number of hydrogen-bond donors (Lipinski definition) is 2. The summed E-state index contributed by atoms with van der Waals surface area (Å²) in [5.41, 5.74) is 8.05. The lowest BCUT2D eigenvalue weighted by molar-refractivity contribution is 0.203. The molecule has 3 N–H and O–H groups in total. The van der Waals surface area contributed by atoms with Gasteiger partial charge in [-0.2, -0.15) is 0 Å². The summed E-state index contributed by atoms with van der Waals surface area (Å²) in [6.45, 7) is 5.96. The zero-order chi connectivity index (χ0) is 20.1. The van der Waals surface area contributed by atoms with Gasteiger partial charge in [0.05, 0.1) is 38.1 Å². The summed E-state index contributed by atoms with van der Waals surface area (Å²) in [7, 11) is 3.26. The first kappa shape index (κ1) is 20.4. The van der Waals surface area contributed by atoms with Gasteiger partial charge in [0.1, 0.15) is 11.5 Å². The molecular weight excluding hydrogens is 374 g/mol. The molecule has 0 spiro atoms. The van der Waals surface area contributed by atoms with Crippen LogP contribution in [0.3, 0.4) is 0 Å². The number of methoxy groups -OCH3 is 2. The van der Waals surface area contributed by atoms with E-state index in [-0.39, 0.29) is 0 Å². The lowest BCUT2D eigenvalue weighted by Gasteiger charge is -2.26. The summed E-state index contributed by atoms with van der Waals surface area (Å²) in [5, 5.41) is 5.99. The van der Waals surface area contributed by atoms with Crippen molar-refractivity contribution in [3.63, 3.8) is 0 Å². The maximum Gasteiger partial charge on any atom is 0.195 e. The van der Waals surface area contributed by atoms with Crippen molar-refractivity contribution < 1.29 is 9.47 Å². The van der Waals surface area contributed by atoms with Gasteiger partial charge < -0.3 is 20.5 Å². The predicted octanol–water partition coefficient (Wildman–Crippen LogP) is 3.63. The smallest absolute Gasteiger partial charge is 0.195 e. The van der Waals surface area contributed by atoms with E-state index in [1.54, 1.807) is 25.6 Å². The van der Waals surface area contributed by atoms with Gasteiger partial charge in [-0.25, -0.2) is 9.98 Å². The van der Waals surface area contributed by atoms with Crippen molar-refractivity contribution in [3.05, 3.63) is 34.8 Å². The third-order valence-electron chi connectivity index (χ3n) is 4.99. The number of anilines is 1. The SMILES string of the molecule is COc1cccc(OC)c1CN=C(N)Nc1nc(C2CCCN2C(C)C)cs1. The van der Waals surface area contributed by atoms with E-state index >= 15 is 0 Å². The molecule has 1 saturated heterocycles. The van der Waals surface area contributed by atoms with Gasteiger partial charge in [0, 0.05) is 11.4 Å². The Kier molecular flexibility index (Phi) is 6.74. The number of nitrogens with two attached hydrogens (primary N) is 1. The molecule has 1 aliphatic rings. The maximum absolute atomic E-state index is 6.09. The second-order valence-corrected chi connectivity index (χ2v) is 7.89. The van der Waals surface area contributed by atoms with Crippen LogP contribution >= 0.6 is 11.3 Å². The number of nitrogens with zero attached hydrogens (tertiary/aromatic N) is 3. The first-order valence-electron chi connectivity index (χ1n) is 9.51. The van der Waals surface area contributed by atoms with Crippen LogP contribution in [0.5, 0.6) is 11.5 Å². The van der Waals surface area contributed by atoms with Crippen molar-refractivity contribution in [1.29, 1.82) is 0 Å². The number of rotatable bonds is 7. The molecule has 1 unspecified atom stereocenters. The summed E-state index contributed by atoms with van der Waals surface area (Å²) < 4.78 is 10.8. The molecule has 1 aromatic heterocycles. The molecule has 0 amide bonds. The number of likely N-dealkylation sites (tertiary alicyclic amines) is 1. The first-order valence-corrected chi connectivity index (χ1v) is 10.4. The third-order valence-corrected chi connectivity index (χ3v) is 5.77. The van der Waals surface area contributed by atoms with E-state index in [4.69, 9.17) is 20.2 Å². The monoisotopic (exact) mass is 403 g/mol. The van der Waals surface area contributed by atoms with Gasteiger partial charge in [-0.05, 0) is 45.4 Å². The van der Waals surface area contributed by atoms with Crippen molar-refractivity contribution in [3.8, 4) is 11.5 Å². The molecule has 0 bridgehead atoms. The molecule has 2 aromatic rings. The number of aromatic nitrogens is 1. The Labute approximate surface area is 170 Å². The number of thiazole rings is 1. The third kappa shape index (κ3) is 4.56. The number of benzene rings is 1. The maximum atomic E-state index is 6.09. The van der Waals surface area contributed by atoms with Crippen LogP contribution in [0.2, 0.25) is 0 Å². The highest BCUT2D eigenvalue weighted by Gasteiger charge is 2.29. The van der Waals surface area contributed by atoms with Crippen molar-refractivity contribution in [1.82, 2.24) is 9.88 Å². The molecule has 8 heteroatoms. The molecular formula is C20H29N5O2S. The van der Waals surface area contributed by atoms with Crippen LogP contribution in [0, 0.1) is 0 Å². The second-order valence-electron chi connectivity index (χ2n) is 7.03. The molecule has 1 atom stereocenters. The van der Waals surface area contributed by atoms with Gasteiger partial charge in [-0.3, -0.25) is 4.90 Å². The summed E-state index contributed by atoms with van der Waals surface area (Å²) in [6, 6.07) is 6.56.